The molecule has 29 heavy (non-hydrogen) atoms. The SMILES string of the molecule is N#Cc1ccc([C@H](CC(=O)O)NC(=O)c2cc(O)n(-c3ccc(F)cc3)n2)cc1. The molecule has 0 saturated heterocycles. The zero-order valence-electron chi connectivity index (χ0n) is 14.9. The average Bonchev–Trinajstić information content (AvgIpc) is 3.09. The molecule has 0 unspecified atom stereocenters. The summed E-state index contributed by atoms with van der Waals surface area (Å²) >= 11 is 0. The van der Waals surface area contributed by atoms with Gasteiger partial charge in [0.2, 0.25) is 5.88 Å². The molecule has 2 aromatic carbocycles. The van der Waals surface area contributed by atoms with E-state index < -0.39 is 23.7 Å². The fourth-order valence-electron chi connectivity index (χ4n) is 2.70. The summed E-state index contributed by atoms with van der Waals surface area (Å²) in [5.41, 5.74) is 1.10. The number of hydrogen-bond acceptors (Lipinski definition) is 5. The summed E-state index contributed by atoms with van der Waals surface area (Å²) in [5, 5.41) is 34.7. The van der Waals surface area contributed by atoms with Crippen molar-refractivity contribution in [2.24, 2.45) is 0 Å². The third-order valence-electron chi connectivity index (χ3n) is 4.12. The fourth-order valence-corrected chi connectivity index (χ4v) is 2.70. The monoisotopic (exact) mass is 394 g/mol. The van der Waals surface area contributed by atoms with Crippen LogP contribution in [0.4, 0.5) is 4.39 Å². The second kappa shape index (κ2) is 8.22. The number of hydrogen-bond donors (Lipinski definition) is 3. The molecule has 0 fully saturated rings. The number of aliphatic carboxylic acids is 1. The van der Waals surface area contributed by atoms with Gasteiger partial charge >= 0.3 is 5.97 Å². The number of nitrogens with one attached hydrogen (secondary N) is 1. The van der Waals surface area contributed by atoms with Crippen LogP contribution in [0.3, 0.4) is 0 Å². The lowest BCUT2D eigenvalue weighted by molar-refractivity contribution is -0.137. The van der Waals surface area contributed by atoms with Crippen LogP contribution in [0.5, 0.6) is 5.88 Å². The quantitative estimate of drug-likeness (QED) is 0.589. The number of halogens is 1. The molecule has 1 aromatic heterocycles. The third kappa shape index (κ3) is 4.56. The van der Waals surface area contributed by atoms with Crippen LogP contribution in [0.1, 0.15) is 34.1 Å². The van der Waals surface area contributed by atoms with Crippen molar-refractivity contribution in [2.45, 2.75) is 12.5 Å². The smallest absolute Gasteiger partial charge is 0.305 e. The van der Waals surface area contributed by atoms with Gasteiger partial charge in [-0.05, 0) is 42.0 Å². The summed E-state index contributed by atoms with van der Waals surface area (Å²) in [4.78, 5) is 23.8. The van der Waals surface area contributed by atoms with Gasteiger partial charge in [0.25, 0.3) is 5.91 Å². The largest absolute Gasteiger partial charge is 0.493 e. The molecule has 0 saturated carbocycles. The van der Waals surface area contributed by atoms with Gasteiger partial charge in [-0.2, -0.15) is 10.4 Å². The van der Waals surface area contributed by atoms with Gasteiger partial charge in [0.05, 0.1) is 29.8 Å². The van der Waals surface area contributed by atoms with E-state index in [9.17, 15) is 19.1 Å². The van der Waals surface area contributed by atoms with E-state index in [0.29, 0.717) is 16.8 Å². The number of carboxylic acid groups (broad SMARTS) is 1. The van der Waals surface area contributed by atoms with Gasteiger partial charge in [0, 0.05) is 6.07 Å². The molecule has 0 aliphatic carbocycles. The van der Waals surface area contributed by atoms with Crippen molar-refractivity contribution in [3.63, 3.8) is 0 Å². The molecule has 0 aliphatic rings. The molecular formula is C20H15FN4O4. The van der Waals surface area contributed by atoms with Crippen LogP contribution >= 0.6 is 0 Å². The first-order valence-corrected chi connectivity index (χ1v) is 8.45. The maximum absolute atomic E-state index is 13.1. The number of nitrogens with zero attached hydrogens (tertiary/aromatic N) is 3. The van der Waals surface area contributed by atoms with Gasteiger partial charge in [-0.1, -0.05) is 12.1 Å². The van der Waals surface area contributed by atoms with Crippen molar-refractivity contribution >= 4 is 11.9 Å². The molecule has 1 heterocycles. The Morgan fingerprint density at radius 3 is 2.41 bits per heavy atom. The van der Waals surface area contributed by atoms with Crippen molar-refractivity contribution in [2.75, 3.05) is 0 Å². The standard InChI is InChI=1S/C20H15FN4O4/c21-14-5-7-15(8-6-14)25-18(26)9-17(24-25)20(29)23-16(10-19(27)28)13-3-1-12(11-22)2-4-13/h1-9,16,26H,10H2,(H,23,29)(H,27,28)/t16-/m0/s1. The summed E-state index contributed by atoms with van der Waals surface area (Å²) in [6.45, 7) is 0. The van der Waals surface area contributed by atoms with Crippen LogP contribution < -0.4 is 5.32 Å². The molecule has 9 heteroatoms. The molecule has 1 atom stereocenters. The number of aromatic hydroxyl groups is 1. The highest BCUT2D eigenvalue weighted by molar-refractivity contribution is 5.93. The minimum Gasteiger partial charge on any atom is -0.493 e. The Morgan fingerprint density at radius 2 is 1.83 bits per heavy atom. The zero-order valence-corrected chi connectivity index (χ0v) is 14.9. The molecule has 0 bridgehead atoms. The number of nitriles is 1. The Balaban J connectivity index is 1.84. The first-order valence-electron chi connectivity index (χ1n) is 8.45. The first-order chi connectivity index (χ1) is 13.9. The lowest BCUT2D eigenvalue weighted by Crippen LogP contribution is -2.30. The maximum atomic E-state index is 13.1. The summed E-state index contributed by atoms with van der Waals surface area (Å²) in [7, 11) is 0. The molecule has 8 nitrogen and oxygen atoms in total. The molecule has 3 rings (SSSR count). The van der Waals surface area contributed by atoms with E-state index >= 15 is 0 Å². The van der Waals surface area contributed by atoms with Crippen molar-refractivity contribution in [3.8, 4) is 17.6 Å². The van der Waals surface area contributed by atoms with Crippen LogP contribution in [0.15, 0.2) is 54.6 Å². The summed E-state index contributed by atoms with van der Waals surface area (Å²) in [5.74, 6) is -2.62. The Labute approximate surface area is 164 Å². The second-order valence-corrected chi connectivity index (χ2v) is 6.13. The van der Waals surface area contributed by atoms with Crippen molar-refractivity contribution in [1.29, 1.82) is 5.26 Å². The first kappa shape index (κ1) is 19.6. The number of amides is 1. The van der Waals surface area contributed by atoms with Crippen LogP contribution in [-0.2, 0) is 4.79 Å². The number of carbonyl (C=O) groups excluding carboxylic acids is 1. The van der Waals surface area contributed by atoms with E-state index in [1.807, 2.05) is 6.07 Å². The predicted octanol–water partition coefficient (Wildman–Crippen LogP) is 2.53. The highest BCUT2D eigenvalue weighted by atomic mass is 19.1. The Morgan fingerprint density at radius 1 is 1.17 bits per heavy atom. The Hall–Kier alpha value is -4.19. The molecule has 0 spiro atoms. The van der Waals surface area contributed by atoms with Gasteiger partial charge in [-0.15, -0.1) is 0 Å². The Kier molecular flexibility index (Phi) is 5.55. The van der Waals surface area contributed by atoms with E-state index in [-0.39, 0.29) is 18.0 Å². The maximum Gasteiger partial charge on any atom is 0.305 e. The van der Waals surface area contributed by atoms with E-state index in [2.05, 4.69) is 10.4 Å². The minimum absolute atomic E-state index is 0.143. The average molecular weight is 394 g/mol. The molecule has 146 valence electrons. The highest BCUT2D eigenvalue weighted by Crippen LogP contribution is 2.21. The summed E-state index contributed by atoms with van der Waals surface area (Å²) in [6, 6.07) is 13.5. The summed E-state index contributed by atoms with van der Waals surface area (Å²) in [6.07, 6.45) is -0.387. The molecule has 3 aromatic rings. The molecule has 3 N–H and O–H groups in total. The third-order valence-corrected chi connectivity index (χ3v) is 4.12. The number of carboxylic acids is 1. The molecule has 1 amide bonds. The van der Waals surface area contributed by atoms with Crippen LogP contribution in [-0.4, -0.2) is 31.9 Å². The van der Waals surface area contributed by atoms with Crippen molar-refractivity contribution in [1.82, 2.24) is 15.1 Å². The van der Waals surface area contributed by atoms with E-state index in [0.717, 1.165) is 10.7 Å². The lowest BCUT2D eigenvalue weighted by Gasteiger charge is -2.16. The summed E-state index contributed by atoms with van der Waals surface area (Å²) < 4.78 is 14.1. The fraction of sp³-hybridized carbons (Fsp3) is 0.100. The molecule has 0 radical (unpaired) electrons. The van der Waals surface area contributed by atoms with Gasteiger partial charge in [-0.3, -0.25) is 9.59 Å². The topological polar surface area (TPSA) is 128 Å². The van der Waals surface area contributed by atoms with Gasteiger partial charge < -0.3 is 15.5 Å². The number of carbonyl (C=O) groups is 2. The van der Waals surface area contributed by atoms with Crippen molar-refractivity contribution < 1.29 is 24.2 Å². The van der Waals surface area contributed by atoms with Crippen LogP contribution in [0.25, 0.3) is 5.69 Å². The Bertz CT molecular complexity index is 1090. The zero-order chi connectivity index (χ0) is 21.0. The van der Waals surface area contributed by atoms with Gasteiger partial charge in [0.15, 0.2) is 5.69 Å². The number of rotatable bonds is 6. The lowest BCUT2D eigenvalue weighted by atomic mass is 10.0. The van der Waals surface area contributed by atoms with Gasteiger partial charge in [0.1, 0.15) is 5.82 Å². The highest BCUT2D eigenvalue weighted by Gasteiger charge is 2.22. The van der Waals surface area contributed by atoms with E-state index in [4.69, 9.17) is 10.4 Å². The van der Waals surface area contributed by atoms with Crippen molar-refractivity contribution in [3.05, 3.63) is 77.2 Å². The molecular weight excluding hydrogens is 379 g/mol. The molecule has 0 aliphatic heterocycles. The number of aromatic nitrogens is 2. The normalized spacial score (nSPS) is 11.4. The second-order valence-electron chi connectivity index (χ2n) is 6.13. The van der Waals surface area contributed by atoms with Crippen LogP contribution in [0, 0.1) is 17.1 Å². The minimum atomic E-state index is -1.13. The van der Waals surface area contributed by atoms with Crippen LogP contribution in [0.2, 0.25) is 0 Å². The predicted molar refractivity (Wildman–Crippen MR) is 98.8 cm³/mol. The van der Waals surface area contributed by atoms with Gasteiger partial charge in [-0.25, -0.2) is 9.07 Å². The van der Waals surface area contributed by atoms with E-state index in [1.165, 1.54) is 36.4 Å². The number of benzene rings is 2. The van der Waals surface area contributed by atoms with E-state index in [1.54, 1.807) is 12.1 Å².